The van der Waals surface area contributed by atoms with Crippen LogP contribution in [-0.2, 0) is 9.59 Å². The zero-order valence-electron chi connectivity index (χ0n) is 20.7. The Hall–Kier alpha value is -4.41. The van der Waals surface area contributed by atoms with Crippen molar-refractivity contribution in [2.75, 3.05) is 11.1 Å². The van der Waals surface area contributed by atoms with Gasteiger partial charge in [-0.15, -0.1) is 11.8 Å². The number of amides is 2. The molecule has 0 aliphatic carbocycles. The van der Waals surface area contributed by atoms with Crippen LogP contribution in [0.15, 0.2) is 99.7 Å². The molecule has 194 valence electrons. The number of thioether (sulfide) groups is 2. The average molecular weight is 555 g/mol. The van der Waals surface area contributed by atoms with Crippen LogP contribution in [0.3, 0.4) is 0 Å². The summed E-state index contributed by atoms with van der Waals surface area (Å²) in [5, 5.41) is 19.9. The fourth-order valence-electron chi connectivity index (χ4n) is 3.86. The van der Waals surface area contributed by atoms with E-state index in [4.69, 9.17) is 0 Å². The summed E-state index contributed by atoms with van der Waals surface area (Å²) in [6.45, 7) is 1.98. The number of nitro benzene ring substituents is 1. The number of nitrogens with zero attached hydrogens (tertiary/aromatic N) is 2. The quantitative estimate of drug-likeness (QED) is 0.114. The van der Waals surface area contributed by atoms with Crippen molar-refractivity contribution < 1.29 is 14.5 Å². The molecule has 1 aliphatic rings. The van der Waals surface area contributed by atoms with Crippen LogP contribution in [0.4, 0.5) is 17.1 Å². The maximum atomic E-state index is 12.5. The molecule has 4 aromatic carbocycles. The summed E-state index contributed by atoms with van der Waals surface area (Å²) in [6.07, 6.45) is 1.59. The summed E-state index contributed by atoms with van der Waals surface area (Å²) in [7, 11) is 0. The minimum atomic E-state index is -0.488. The van der Waals surface area contributed by atoms with E-state index in [0.717, 1.165) is 28.1 Å². The van der Waals surface area contributed by atoms with Crippen molar-refractivity contribution in [2.45, 2.75) is 11.8 Å². The number of carbonyl (C=O) groups excluding carboxylic acids is 2. The molecule has 5 rings (SSSR count). The maximum Gasteiger partial charge on any atom is 0.283 e. The van der Waals surface area contributed by atoms with Crippen LogP contribution in [0, 0.1) is 17.0 Å². The molecule has 2 amide bonds. The Morgan fingerprint density at radius 1 is 1.05 bits per heavy atom. The number of hydrogen-bond donors (Lipinski definition) is 2. The van der Waals surface area contributed by atoms with Crippen molar-refractivity contribution in [3.63, 3.8) is 0 Å². The Kier molecular flexibility index (Phi) is 7.76. The first-order chi connectivity index (χ1) is 18.8. The fourth-order valence-corrected chi connectivity index (χ4v) is 5.51. The molecule has 2 N–H and O–H groups in total. The molecular formula is C29H22N4O4S2. The van der Waals surface area contributed by atoms with Gasteiger partial charge in [-0.1, -0.05) is 54.1 Å². The Morgan fingerprint density at radius 3 is 2.59 bits per heavy atom. The normalized spacial score (nSPS) is 15.1. The number of aryl methyl sites for hydroxylation is 1. The number of fused-ring (bicyclic) bond motifs is 1. The molecule has 0 bridgehead atoms. The van der Waals surface area contributed by atoms with Gasteiger partial charge in [0.05, 0.1) is 26.2 Å². The molecule has 1 saturated heterocycles. The first-order valence-electron chi connectivity index (χ1n) is 11.9. The Labute approximate surface area is 232 Å². The number of amidine groups is 1. The van der Waals surface area contributed by atoms with Gasteiger partial charge in [-0.3, -0.25) is 19.7 Å². The van der Waals surface area contributed by atoms with E-state index >= 15 is 0 Å². The van der Waals surface area contributed by atoms with Crippen LogP contribution in [-0.4, -0.2) is 27.7 Å². The highest BCUT2D eigenvalue weighted by Gasteiger charge is 2.24. The van der Waals surface area contributed by atoms with Crippen LogP contribution < -0.4 is 10.6 Å². The van der Waals surface area contributed by atoms with Gasteiger partial charge in [0, 0.05) is 11.8 Å². The largest absolute Gasteiger partial charge is 0.325 e. The number of anilines is 1. The summed E-state index contributed by atoms with van der Waals surface area (Å²) in [5.74, 6) is -0.585. The van der Waals surface area contributed by atoms with Gasteiger partial charge in [0.25, 0.3) is 11.6 Å². The van der Waals surface area contributed by atoms with E-state index in [1.54, 1.807) is 18.2 Å². The second kappa shape index (κ2) is 11.5. The van der Waals surface area contributed by atoms with Gasteiger partial charge in [0.2, 0.25) is 5.91 Å². The van der Waals surface area contributed by atoms with Crippen LogP contribution in [0.1, 0.15) is 11.1 Å². The molecule has 0 atom stereocenters. The first kappa shape index (κ1) is 26.2. The van der Waals surface area contributed by atoms with Crippen molar-refractivity contribution in [2.24, 2.45) is 4.99 Å². The molecule has 8 nitrogen and oxygen atoms in total. The van der Waals surface area contributed by atoms with Crippen LogP contribution in [0.5, 0.6) is 0 Å². The van der Waals surface area contributed by atoms with E-state index in [2.05, 4.69) is 15.6 Å². The average Bonchev–Trinajstić information content (AvgIpc) is 3.27. The first-order valence-corrected chi connectivity index (χ1v) is 13.7. The van der Waals surface area contributed by atoms with Crippen LogP contribution in [0.25, 0.3) is 16.8 Å². The van der Waals surface area contributed by atoms with Crippen molar-refractivity contribution in [3.8, 4) is 0 Å². The third kappa shape index (κ3) is 6.54. The summed E-state index contributed by atoms with van der Waals surface area (Å²) in [4.78, 5) is 41.5. The summed E-state index contributed by atoms with van der Waals surface area (Å²) in [5.41, 5.74) is 2.85. The molecule has 0 radical (unpaired) electrons. The second-order valence-corrected chi connectivity index (χ2v) is 10.7. The Morgan fingerprint density at radius 2 is 1.82 bits per heavy atom. The number of aliphatic imine (C=N–C) groups is 1. The predicted octanol–water partition coefficient (Wildman–Crippen LogP) is 6.68. The molecule has 0 unspecified atom stereocenters. The van der Waals surface area contributed by atoms with Gasteiger partial charge >= 0.3 is 0 Å². The second-order valence-electron chi connectivity index (χ2n) is 8.70. The van der Waals surface area contributed by atoms with Gasteiger partial charge in [0.15, 0.2) is 5.17 Å². The predicted molar refractivity (Wildman–Crippen MR) is 158 cm³/mol. The molecule has 1 aliphatic heterocycles. The van der Waals surface area contributed by atoms with Gasteiger partial charge in [-0.25, -0.2) is 4.99 Å². The number of nitrogens with one attached hydrogen (secondary N) is 2. The smallest absolute Gasteiger partial charge is 0.283 e. The van der Waals surface area contributed by atoms with E-state index in [1.807, 2.05) is 73.7 Å². The van der Waals surface area contributed by atoms with Crippen LogP contribution in [0.2, 0.25) is 0 Å². The number of carbonyl (C=O) groups is 2. The maximum absolute atomic E-state index is 12.5. The van der Waals surface area contributed by atoms with Gasteiger partial charge in [-0.2, -0.15) is 0 Å². The number of hydrogen-bond acceptors (Lipinski definition) is 7. The molecule has 0 spiro atoms. The lowest BCUT2D eigenvalue weighted by Crippen LogP contribution is -2.19. The lowest BCUT2D eigenvalue weighted by Gasteiger charge is -2.07. The molecule has 0 saturated carbocycles. The summed E-state index contributed by atoms with van der Waals surface area (Å²) < 4.78 is 0. The van der Waals surface area contributed by atoms with Gasteiger partial charge in [-0.05, 0) is 71.4 Å². The van der Waals surface area contributed by atoms with Crippen molar-refractivity contribution >= 4 is 74.4 Å². The van der Waals surface area contributed by atoms with E-state index in [0.29, 0.717) is 31.9 Å². The Bertz CT molecular complexity index is 1670. The fraction of sp³-hybridized carbons (Fsp3) is 0.0690. The summed E-state index contributed by atoms with van der Waals surface area (Å²) >= 11 is 2.25. The van der Waals surface area contributed by atoms with E-state index in [-0.39, 0.29) is 23.3 Å². The lowest BCUT2D eigenvalue weighted by molar-refractivity contribution is -0.387. The van der Waals surface area contributed by atoms with E-state index in [9.17, 15) is 19.7 Å². The monoisotopic (exact) mass is 554 g/mol. The summed E-state index contributed by atoms with van der Waals surface area (Å²) in [6, 6.07) is 25.7. The SMILES string of the molecule is Cc1ccc(N=C2NC(=O)/C(=C/c3ccc(SCC(=O)Nc4ccc5ccccc5c4)c([N+](=O)[O-])c3)S2)cc1. The minimum absolute atomic E-state index is 0.00515. The molecule has 1 heterocycles. The van der Waals surface area contributed by atoms with Crippen molar-refractivity contribution in [1.82, 2.24) is 5.32 Å². The zero-order valence-corrected chi connectivity index (χ0v) is 22.3. The molecule has 39 heavy (non-hydrogen) atoms. The number of nitro groups is 1. The number of benzene rings is 4. The van der Waals surface area contributed by atoms with Gasteiger partial charge in [0.1, 0.15) is 0 Å². The van der Waals surface area contributed by atoms with E-state index < -0.39 is 4.92 Å². The molecule has 1 fully saturated rings. The Balaban J connectivity index is 1.26. The molecule has 4 aromatic rings. The minimum Gasteiger partial charge on any atom is -0.325 e. The van der Waals surface area contributed by atoms with Crippen molar-refractivity contribution in [1.29, 1.82) is 0 Å². The third-order valence-electron chi connectivity index (χ3n) is 5.78. The number of rotatable bonds is 7. The van der Waals surface area contributed by atoms with Crippen LogP contribution >= 0.6 is 23.5 Å². The molecule has 10 heteroatoms. The lowest BCUT2D eigenvalue weighted by atomic mass is 10.1. The third-order valence-corrected chi connectivity index (χ3v) is 7.76. The topological polar surface area (TPSA) is 114 Å². The zero-order chi connectivity index (χ0) is 27.4. The highest BCUT2D eigenvalue weighted by atomic mass is 32.2. The highest BCUT2D eigenvalue weighted by Crippen LogP contribution is 2.33. The van der Waals surface area contributed by atoms with Crippen molar-refractivity contribution in [3.05, 3.63) is 111 Å². The highest BCUT2D eigenvalue weighted by molar-refractivity contribution is 8.18. The standard InChI is InChI=1S/C29H22N4O4S2/c1-18-6-10-22(11-7-18)31-29-32-28(35)26(39-29)15-19-8-13-25(24(14-19)33(36)37)38-17-27(34)30-23-12-9-20-4-2-3-5-21(20)16-23/h2-16H,17H2,1H3,(H,30,34)(H,31,32,35)/b26-15-. The van der Waals surface area contributed by atoms with Gasteiger partial charge < -0.3 is 10.6 Å². The molecular weight excluding hydrogens is 532 g/mol. The van der Waals surface area contributed by atoms with E-state index in [1.165, 1.54) is 17.8 Å². The molecule has 0 aromatic heterocycles.